The Morgan fingerprint density at radius 3 is 2.45 bits per heavy atom. The van der Waals surface area contributed by atoms with Crippen LogP contribution in [0.4, 0.5) is 0 Å². The van der Waals surface area contributed by atoms with E-state index in [4.69, 9.17) is 0 Å². The molecule has 11 heavy (non-hydrogen) atoms. The van der Waals surface area contributed by atoms with Gasteiger partial charge in [-0.2, -0.15) is 0 Å². The van der Waals surface area contributed by atoms with Crippen molar-refractivity contribution >= 4 is 6.21 Å². The molecule has 1 saturated heterocycles. The average Bonchev–Trinajstić information content (AvgIpc) is 2.58. The monoisotopic (exact) mass is 153 g/mol. The smallest absolute Gasteiger partial charge is 0.104 e. The summed E-state index contributed by atoms with van der Waals surface area (Å²) in [6.07, 6.45) is 6.13. The Hall–Kier alpha value is -0.410. The second-order valence-corrected chi connectivity index (χ2v) is 3.21. The first-order valence-corrected chi connectivity index (χ1v) is 4.45. The van der Waals surface area contributed by atoms with Crippen molar-refractivity contribution in [2.24, 2.45) is 4.99 Å². The molecule has 0 radical (unpaired) electrons. The van der Waals surface area contributed by atoms with Gasteiger partial charge in [0.25, 0.3) is 0 Å². The van der Waals surface area contributed by atoms with E-state index in [1.165, 1.54) is 32.4 Å². The Morgan fingerprint density at radius 1 is 1.00 bits per heavy atom. The molecular weight excluding hydrogens is 138 g/mol. The zero-order valence-electron chi connectivity index (χ0n) is 6.87. The molecular formula is C8H15N3. The van der Waals surface area contributed by atoms with E-state index in [1.807, 2.05) is 6.21 Å². The molecule has 2 heterocycles. The first-order chi connectivity index (χ1) is 5.47. The van der Waals surface area contributed by atoms with Gasteiger partial charge >= 0.3 is 0 Å². The van der Waals surface area contributed by atoms with Gasteiger partial charge in [-0.1, -0.05) is 6.42 Å². The Bertz CT molecular complexity index is 141. The molecule has 0 aliphatic carbocycles. The number of nitrogens with zero attached hydrogens (tertiary/aromatic N) is 3. The number of hydrogen-bond donors (Lipinski definition) is 0. The average molecular weight is 153 g/mol. The van der Waals surface area contributed by atoms with E-state index in [-0.39, 0.29) is 0 Å². The van der Waals surface area contributed by atoms with Crippen LogP contribution in [-0.2, 0) is 0 Å². The third kappa shape index (κ3) is 1.60. The lowest BCUT2D eigenvalue weighted by atomic mass is 10.2. The molecule has 2 aliphatic rings. The molecule has 0 amide bonds. The van der Waals surface area contributed by atoms with Gasteiger partial charge in [-0.3, -0.25) is 4.99 Å². The minimum atomic E-state index is 0.889. The molecule has 0 N–H and O–H groups in total. The second-order valence-electron chi connectivity index (χ2n) is 3.21. The fourth-order valence-corrected chi connectivity index (χ4v) is 1.73. The standard InChI is InChI=1S/C8H15N3/c1-2-5-10(6-3-1)11-7-4-9-8-11/h4H,1-3,5-8H2. The van der Waals surface area contributed by atoms with Crippen LogP contribution in [-0.4, -0.2) is 42.5 Å². The third-order valence-corrected chi connectivity index (χ3v) is 2.40. The lowest BCUT2D eigenvalue weighted by Gasteiger charge is -2.33. The quantitative estimate of drug-likeness (QED) is 0.553. The minimum absolute atomic E-state index is 0.889. The lowest BCUT2D eigenvalue weighted by Crippen LogP contribution is -2.44. The summed E-state index contributed by atoms with van der Waals surface area (Å²) < 4.78 is 0. The van der Waals surface area contributed by atoms with Crippen molar-refractivity contribution in [3.05, 3.63) is 0 Å². The molecule has 0 spiro atoms. The van der Waals surface area contributed by atoms with Crippen molar-refractivity contribution in [3.63, 3.8) is 0 Å². The van der Waals surface area contributed by atoms with Crippen LogP contribution in [0.1, 0.15) is 19.3 Å². The minimum Gasteiger partial charge on any atom is -0.279 e. The zero-order valence-corrected chi connectivity index (χ0v) is 6.87. The largest absolute Gasteiger partial charge is 0.279 e. The molecule has 2 aliphatic heterocycles. The summed E-state index contributed by atoms with van der Waals surface area (Å²) in [6.45, 7) is 4.40. The SMILES string of the molecule is C1=NCN(N2CCCCC2)C1. The van der Waals surface area contributed by atoms with Crippen LogP contribution in [0.3, 0.4) is 0 Å². The fourth-order valence-electron chi connectivity index (χ4n) is 1.73. The van der Waals surface area contributed by atoms with Gasteiger partial charge in [0.05, 0.1) is 6.54 Å². The fraction of sp³-hybridized carbons (Fsp3) is 0.875. The Labute approximate surface area is 67.7 Å². The van der Waals surface area contributed by atoms with Crippen molar-refractivity contribution in [1.82, 2.24) is 10.0 Å². The van der Waals surface area contributed by atoms with Crippen LogP contribution in [0.15, 0.2) is 4.99 Å². The molecule has 3 heteroatoms. The topological polar surface area (TPSA) is 18.8 Å². The molecule has 0 bridgehead atoms. The van der Waals surface area contributed by atoms with Crippen molar-refractivity contribution < 1.29 is 0 Å². The van der Waals surface area contributed by atoms with Crippen LogP contribution < -0.4 is 0 Å². The third-order valence-electron chi connectivity index (χ3n) is 2.40. The van der Waals surface area contributed by atoms with Crippen LogP contribution in [0.2, 0.25) is 0 Å². The summed E-state index contributed by atoms with van der Waals surface area (Å²) in [7, 11) is 0. The molecule has 2 rings (SSSR count). The lowest BCUT2D eigenvalue weighted by molar-refractivity contribution is -0.0164. The summed E-state index contributed by atoms with van der Waals surface area (Å²) in [5, 5.41) is 4.77. The van der Waals surface area contributed by atoms with E-state index < -0.39 is 0 Å². The van der Waals surface area contributed by atoms with E-state index >= 15 is 0 Å². The van der Waals surface area contributed by atoms with Crippen LogP contribution in [0.5, 0.6) is 0 Å². The van der Waals surface area contributed by atoms with Crippen molar-refractivity contribution in [1.29, 1.82) is 0 Å². The maximum absolute atomic E-state index is 4.20. The maximum Gasteiger partial charge on any atom is 0.104 e. The van der Waals surface area contributed by atoms with Gasteiger partial charge < -0.3 is 0 Å². The van der Waals surface area contributed by atoms with E-state index in [0.29, 0.717) is 0 Å². The van der Waals surface area contributed by atoms with Gasteiger partial charge in [0.15, 0.2) is 0 Å². The molecule has 0 aromatic heterocycles. The van der Waals surface area contributed by atoms with Gasteiger partial charge in [0.1, 0.15) is 6.67 Å². The Balaban J connectivity index is 1.83. The summed E-state index contributed by atoms with van der Waals surface area (Å²) in [4.78, 5) is 4.20. The van der Waals surface area contributed by atoms with Crippen LogP contribution in [0, 0.1) is 0 Å². The zero-order chi connectivity index (χ0) is 7.52. The number of hydrazine groups is 1. The molecule has 0 unspecified atom stereocenters. The van der Waals surface area contributed by atoms with Crippen molar-refractivity contribution in [2.75, 3.05) is 26.3 Å². The second kappa shape index (κ2) is 3.32. The van der Waals surface area contributed by atoms with Gasteiger partial charge in [0.2, 0.25) is 0 Å². The van der Waals surface area contributed by atoms with Crippen molar-refractivity contribution in [3.8, 4) is 0 Å². The van der Waals surface area contributed by atoms with E-state index in [1.54, 1.807) is 0 Å². The summed E-state index contributed by atoms with van der Waals surface area (Å²) in [6, 6.07) is 0. The van der Waals surface area contributed by atoms with Gasteiger partial charge in [0, 0.05) is 19.3 Å². The summed E-state index contributed by atoms with van der Waals surface area (Å²) in [5.41, 5.74) is 0. The molecule has 1 fully saturated rings. The highest BCUT2D eigenvalue weighted by Gasteiger charge is 2.18. The number of aliphatic imine (C=N–C) groups is 1. The number of hydrogen-bond acceptors (Lipinski definition) is 3. The highest BCUT2D eigenvalue weighted by Crippen LogP contribution is 2.12. The number of rotatable bonds is 1. The van der Waals surface area contributed by atoms with E-state index in [0.717, 1.165) is 13.2 Å². The summed E-state index contributed by atoms with van der Waals surface area (Å²) >= 11 is 0. The predicted molar refractivity (Wildman–Crippen MR) is 45.5 cm³/mol. The van der Waals surface area contributed by atoms with E-state index in [9.17, 15) is 0 Å². The van der Waals surface area contributed by atoms with Gasteiger partial charge in [-0.15, -0.1) is 0 Å². The highest BCUT2D eigenvalue weighted by atomic mass is 15.6. The molecule has 62 valence electrons. The van der Waals surface area contributed by atoms with Gasteiger partial charge in [-0.25, -0.2) is 10.0 Å². The first kappa shape index (κ1) is 7.25. The molecule has 0 atom stereocenters. The Kier molecular flexibility index (Phi) is 2.19. The molecule has 0 saturated carbocycles. The van der Waals surface area contributed by atoms with Crippen molar-refractivity contribution in [2.45, 2.75) is 19.3 Å². The van der Waals surface area contributed by atoms with Crippen LogP contribution >= 0.6 is 0 Å². The van der Waals surface area contributed by atoms with Crippen LogP contribution in [0.25, 0.3) is 0 Å². The predicted octanol–water partition coefficient (Wildman–Crippen LogP) is 0.731. The number of piperidine rings is 1. The van der Waals surface area contributed by atoms with Gasteiger partial charge in [-0.05, 0) is 12.8 Å². The molecule has 0 aromatic carbocycles. The summed E-state index contributed by atoms with van der Waals surface area (Å²) in [5.74, 6) is 0. The molecule has 0 aromatic rings. The maximum atomic E-state index is 4.20. The highest BCUT2D eigenvalue weighted by molar-refractivity contribution is 5.61. The van der Waals surface area contributed by atoms with E-state index in [2.05, 4.69) is 15.0 Å². The first-order valence-electron chi connectivity index (χ1n) is 4.45. The Morgan fingerprint density at radius 2 is 1.82 bits per heavy atom. The normalized spacial score (nSPS) is 28.0. The molecule has 3 nitrogen and oxygen atoms in total.